The molecule has 4 rings (SSSR count). The average molecular weight is 470 g/mol. The molecule has 0 aliphatic carbocycles. The first-order chi connectivity index (χ1) is 13.9. The summed E-state index contributed by atoms with van der Waals surface area (Å²) in [6.45, 7) is 0.811. The molecular formula is C18H20ClN5O4S2. The quantitative estimate of drug-likeness (QED) is 0.600. The number of rotatable bonds is 3. The maximum Gasteiger partial charge on any atom is 0.229 e. The molecule has 0 spiro atoms. The van der Waals surface area contributed by atoms with Crippen molar-refractivity contribution in [2.45, 2.75) is 6.42 Å². The number of primary sulfonamides is 1. The molecule has 0 atom stereocenters. The van der Waals surface area contributed by atoms with Crippen LogP contribution in [0.25, 0.3) is 10.9 Å². The van der Waals surface area contributed by atoms with Crippen molar-refractivity contribution in [3.63, 3.8) is 0 Å². The Morgan fingerprint density at radius 2 is 1.77 bits per heavy atom. The van der Waals surface area contributed by atoms with E-state index in [2.05, 4.69) is 24.7 Å². The van der Waals surface area contributed by atoms with E-state index >= 15 is 0 Å². The van der Waals surface area contributed by atoms with Gasteiger partial charge in [-0.05, 0) is 42.3 Å². The van der Waals surface area contributed by atoms with Crippen molar-refractivity contribution in [3.05, 3.63) is 53.3 Å². The summed E-state index contributed by atoms with van der Waals surface area (Å²) >= 11 is 6.15. The Morgan fingerprint density at radius 3 is 2.43 bits per heavy atom. The number of aromatic nitrogens is 2. The fourth-order valence-electron chi connectivity index (χ4n) is 3.11. The van der Waals surface area contributed by atoms with Crippen LogP contribution in [0.3, 0.4) is 0 Å². The zero-order valence-corrected chi connectivity index (χ0v) is 18.6. The summed E-state index contributed by atoms with van der Waals surface area (Å²) in [6.07, 6.45) is 4.47. The molecular weight excluding hydrogens is 450 g/mol. The van der Waals surface area contributed by atoms with Gasteiger partial charge in [0.05, 0.1) is 23.7 Å². The molecule has 1 aliphatic rings. The molecule has 0 bridgehead atoms. The van der Waals surface area contributed by atoms with Gasteiger partial charge < -0.3 is 4.90 Å². The van der Waals surface area contributed by atoms with Gasteiger partial charge in [0.2, 0.25) is 20.0 Å². The normalized spacial score (nSPS) is 13.5. The molecule has 0 saturated carbocycles. The summed E-state index contributed by atoms with van der Waals surface area (Å²) in [4.78, 5) is 10.9. The van der Waals surface area contributed by atoms with E-state index < -0.39 is 20.0 Å². The number of nitrogens with one attached hydrogen (secondary N) is 1. The Bertz CT molecular complexity index is 1310. The summed E-state index contributed by atoms with van der Waals surface area (Å²) in [5.74, 6) is 0.789. The van der Waals surface area contributed by atoms with Crippen LogP contribution >= 0.6 is 11.6 Å². The minimum absolute atomic E-state index is 0.476. The Morgan fingerprint density at radius 1 is 1.07 bits per heavy atom. The summed E-state index contributed by atoms with van der Waals surface area (Å²) in [6, 6.07) is 11.1. The van der Waals surface area contributed by atoms with E-state index in [9.17, 15) is 16.8 Å². The van der Waals surface area contributed by atoms with Crippen molar-refractivity contribution in [1.29, 1.82) is 0 Å². The number of sulfonamides is 2. The predicted octanol–water partition coefficient (Wildman–Crippen LogP) is 2.25. The smallest absolute Gasteiger partial charge is 0.229 e. The van der Waals surface area contributed by atoms with E-state index in [-0.39, 0.29) is 0 Å². The zero-order chi connectivity index (χ0) is 22.1. The lowest BCUT2D eigenvalue weighted by Crippen LogP contribution is -2.15. The van der Waals surface area contributed by atoms with Crippen LogP contribution in [0.4, 0.5) is 17.2 Å². The van der Waals surface area contributed by atoms with Crippen LogP contribution in [0.1, 0.15) is 5.56 Å². The maximum absolute atomic E-state index is 11.4. The highest BCUT2D eigenvalue weighted by atomic mass is 35.5. The third-order valence-corrected chi connectivity index (χ3v) is 4.96. The number of nitrogens with two attached hydrogens (primary N) is 1. The SMILES string of the molecule is CS(=O)(=O)Nc1ccc2c(N3CCc4ccc(Cl)cc43)ncnc2c1.CS(N)(=O)=O. The summed E-state index contributed by atoms with van der Waals surface area (Å²) in [5, 5.41) is 5.87. The molecule has 3 N–H and O–H groups in total. The highest BCUT2D eigenvalue weighted by Crippen LogP contribution is 2.38. The van der Waals surface area contributed by atoms with E-state index in [4.69, 9.17) is 11.6 Å². The highest BCUT2D eigenvalue weighted by Gasteiger charge is 2.23. The molecule has 0 unspecified atom stereocenters. The van der Waals surface area contributed by atoms with Crippen molar-refractivity contribution in [2.75, 3.05) is 28.7 Å². The number of nitrogens with zero attached hydrogens (tertiary/aromatic N) is 3. The Balaban J connectivity index is 0.000000461. The second-order valence-corrected chi connectivity index (χ2v) is 10.7. The number of hydrogen-bond donors (Lipinski definition) is 2. The molecule has 9 nitrogen and oxygen atoms in total. The summed E-state index contributed by atoms with van der Waals surface area (Å²) in [7, 11) is -6.50. The van der Waals surface area contributed by atoms with Gasteiger partial charge in [-0.15, -0.1) is 0 Å². The molecule has 1 aliphatic heterocycles. The van der Waals surface area contributed by atoms with Crippen LogP contribution in [-0.2, 0) is 26.5 Å². The van der Waals surface area contributed by atoms with Gasteiger partial charge >= 0.3 is 0 Å². The van der Waals surface area contributed by atoms with Gasteiger partial charge in [0.15, 0.2) is 0 Å². The number of hydrogen-bond acceptors (Lipinski definition) is 7. The molecule has 12 heteroatoms. The molecule has 2 aromatic carbocycles. The van der Waals surface area contributed by atoms with Crippen LogP contribution in [-0.4, -0.2) is 45.9 Å². The minimum Gasteiger partial charge on any atom is -0.325 e. The van der Waals surface area contributed by atoms with Gasteiger partial charge in [-0.1, -0.05) is 17.7 Å². The number of benzene rings is 2. The monoisotopic (exact) mass is 469 g/mol. The maximum atomic E-state index is 11.4. The van der Waals surface area contributed by atoms with Crippen molar-refractivity contribution >= 4 is 59.7 Å². The molecule has 0 saturated heterocycles. The Kier molecular flexibility index (Phi) is 6.18. The van der Waals surface area contributed by atoms with Crippen molar-refractivity contribution < 1.29 is 16.8 Å². The number of halogens is 1. The first-order valence-electron chi connectivity index (χ1n) is 8.67. The van der Waals surface area contributed by atoms with Gasteiger partial charge in [-0.3, -0.25) is 4.72 Å². The van der Waals surface area contributed by atoms with Crippen molar-refractivity contribution in [3.8, 4) is 0 Å². The van der Waals surface area contributed by atoms with Crippen molar-refractivity contribution in [2.24, 2.45) is 5.14 Å². The van der Waals surface area contributed by atoms with Crippen molar-refractivity contribution in [1.82, 2.24) is 9.97 Å². The largest absolute Gasteiger partial charge is 0.325 e. The van der Waals surface area contributed by atoms with E-state index in [1.165, 1.54) is 11.9 Å². The first kappa shape index (κ1) is 22.2. The minimum atomic E-state index is -3.33. The van der Waals surface area contributed by atoms with Crippen LogP contribution in [0.15, 0.2) is 42.7 Å². The molecule has 160 valence electrons. The summed E-state index contributed by atoms with van der Waals surface area (Å²) in [5.41, 5.74) is 3.43. The van der Waals surface area contributed by atoms with Crippen LogP contribution in [0, 0.1) is 0 Å². The molecule has 2 heterocycles. The van der Waals surface area contributed by atoms with Crippen LogP contribution in [0.2, 0.25) is 5.02 Å². The second-order valence-electron chi connectivity index (χ2n) is 6.81. The van der Waals surface area contributed by atoms with Gasteiger partial charge in [0.25, 0.3) is 0 Å². The van der Waals surface area contributed by atoms with E-state index in [1.54, 1.807) is 12.1 Å². The van der Waals surface area contributed by atoms with E-state index in [0.29, 0.717) is 16.2 Å². The van der Waals surface area contributed by atoms with Gasteiger partial charge in [0, 0.05) is 22.6 Å². The Labute approximate surface area is 180 Å². The van der Waals surface area contributed by atoms with Crippen LogP contribution < -0.4 is 14.8 Å². The van der Waals surface area contributed by atoms with Gasteiger partial charge in [-0.2, -0.15) is 0 Å². The molecule has 3 aromatic rings. The molecule has 0 fully saturated rings. The lowest BCUT2D eigenvalue weighted by molar-refractivity contribution is 0.602. The topological polar surface area (TPSA) is 135 Å². The van der Waals surface area contributed by atoms with Gasteiger partial charge in [0.1, 0.15) is 12.1 Å². The first-order valence-corrected chi connectivity index (χ1v) is 12.9. The lowest BCUT2D eigenvalue weighted by Gasteiger charge is -2.20. The molecule has 1 aromatic heterocycles. The Hall–Kier alpha value is -2.47. The number of anilines is 3. The molecule has 0 radical (unpaired) electrons. The number of fused-ring (bicyclic) bond motifs is 2. The van der Waals surface area contributed by atoms with Crippen LogP contribution in [0.5, 0.6) is 0 Å². The third kappa shape index (κ3) is 5.79. The standard InChI is InChI=1S/C17H15ClN4O2S.CH5NO2S/c1-25(23,24)21-13-4-5-14-15(9-13)19-10-20-17(14)22-7-6-11-2-3-12(18)8-16(11)22;1-5(2,3)4/h2-5,8-10,21H,6-7H2,1H3;1H3,(H2,2,3,4). The summed E-state index contributed by atoms with van der Waals surface area (Å²) < 4.78 is 44.1. The van der Waals surface area contributed by atoms with Gasteiger partial charge in [-0.25, -0.2) is 31.9 Å². The zero-order valence-electron chi connectivity index (χ0n) is 16.2. The molecule has 30 heavy (non-hydrogen) atoms. The second kappa shape index (κ2) is 8.34. The third-order valence-electron chi connectivity index (χ3n) is 4.12. The fourth-order valence-corrected chi connectivity index (χ4v) is 3.83. The fraction of sp³-hybridized carbons (Fsp3) is 0.222. The average Bonchev–Trinajstić information content (AvgIpc) is 3.01. The molecule has 0 amide bonds. The van der Waals surface area contributed by atoms with E-state index in [1.807, 2.05) is 24.3 Å². The van der Waals surface area contributed by atoms with E-state index in [0.717, 1.165) is 42.4 Å². The lowest BCUT2D eigenvalue weighted by atomic mass is 10.1. The highest BCUT2D eigenvalue weighted by molar-refractivity contribution is 7.92. The predicted molar refractivity (Wildman–Crippen MR) is 119 cm³/mol.